The Hall–Kier alpha value is -0.270. The van der Waals surface area contributed by atoms with E-state index in [1.165, 1.54) is 77.0 Å². The molecule has 4 atom stereocenters. The van der Waals surface area contributed by atoms with E-state index in [4.69, 9.17) is 21.7 Å². The second kappa shape index (κ2) is 17.4. The summed E-state index contributed by atoms with van der Waals surface area (Å²) in [6.45, 7) is 2.02. The normalized spacial score (nSPS) is 22.7. The third kappa shape index (κ3) is 12.2. The smallest absolute Gasteiger partial charge is 0.160 e. The fraction of sp³-hybridized carbons (Fsp3) is 0.957. The lowest BCUT2D eigenvalue weighted by atomic mass is 10.0. The quantitative estimate of drug-likeness (QED) is 0.215. The summed E-state index contributed by atoms with van der Waals surface area (Å²) in [5.41, 5.74) is 0. The maximum Gasteiger partial charge on any atom is 0.160 e. The van der Waals surface area contributed by atoms with Gasteiger partial charge in [0.25, 0.3) is 0 Å². The van der Waals surface area contributed by atoms with Crippen LogP contribution in [-0.4, -0.2) is 58.0 Å². The molecule has 172 valence electrons. The third-order valence-corrected chi connectivity index (χ3v) is 6.05. The highest BCUT2D eigenvalue weighted by molar-refractivity contribution is 7.80. The molecule has 4 unspecified atom stereocenters. The second-order valence-corrected chi connectivity index (χ2v) is 8.87. The van der Waals surface area contributed by atoms with E-state index in [1.807, 2.05) is 0 Å². The number of hydrogen-bond acceptors (Lipinski definition) is 6. The summed E-state index contributed by atoms with van der Waals surface area (Å²) in [5, 5.41) is 29.3. The van der Waals surface area contributed by atoms with Crippen LogP contribution in [0.4, 0.5) is 0 Å². The van der Waals surface area contributed by atoms with Crippen molar-refractivity contribution >= 4 is 17.3 Å². The van der Waals surface area contributed by atoms with Crippen molar-refractivity contribution in [3.05, 3.63) is 0 Å². The van der Waals surface area contributed by atoms with Crippen LogP contribution in [0.25, 0.3) is 0 Å². The zero-order chi connectivity index (χ0) is 21.3. The molecule has 0 aromatic heterocycles. The molecule has 0 radical (unpaired) electrons. The molecule has 1 fully saturated rings. The van der Waals surface area contributed by atoms with Crippen LogP contribution in [0.5, 0.6) is 0 Å². The number of aliphatic hydroxyl groups is 3. The molecule has 1 saturated heterocycles. The Balaban J connectivity index is 1.92. The fourth-order valence-corrected chi connectivity index (χ4v) is 4.12. The summed E-state index contributed by atoms with van der Waals surface area (Å²) in [6, 6.07) is 0. The minimum atomic E-state index is -1.05. The van der Waals surface area contributed by atoms with E-state index >= 15 is 0 Å². The summed E-state index contributed by atoms with van der Waals surface area (Å²) >= 11 is 5.26. The minimum Gasteiger partial charge on any atom is -0.479 e. The van der Waals surface area contributed by atoms with Gasteiger partial charge >= 0.3 is 0 Å². The number of hydrogen-bond donors (Lipinski definition) is 3. The average Bonchev–Trinajstić information content (AvgIpc) is 3.05. The molecular formula is C23H44O5S. The molecule has 0 saturated carbocycles. The Morgan fingerprint density at radius 1 is 0.897 bits per heavy atom. The van der Waals surface area contributed by atoms with Gasteiger partial charge in [0, 0.05) is 6.42 Å². The van der Waals surface area contributed by atoms with Crippen LogP contribution in [0, 0.1) is 0 Å². The van der Waals surface area contributed by atoms with Crippen LogP contribution in [0.15, 0.2) is 0 Å². The molecule has 0 amide bonds. The standard InChI is InChI=1S/C23H44O5S/c1-2-3-4-5-6-7-8-9-10-11-12-13-14-15-16-21(29)28-20(17-24)23-22(26)19(25)18-27-23/h19-20,22-26H,2-18H2,1H3. The minimum absolute atomic E-state index is 0.0530. The Morgan fingerprint density at radius 2 is 1.38 bits per heavy atom. The molecule has 29 heavy (non-hydrogen) atoms. The van der Waals surface area contributed by atoms with E-state index in [9.17, 15) is 15.3 Å². The predicted octanol–water partition coefficient (Wildman–Crippen LogP) is 4.68. The highest BCUT2D eigenvalue weighted by atomic mass is 32.1. The number of ether oxygens (including phenoxy) is 2. The second-order valence-electron chi connectivity index (χ2n) is 8.41. The molecule has 1 rings (SSSR count). The van der Waals surface area contributed by atoms with Crippen molar-refractivity contribution in [3.63, 3.8) is 0 Å². The summed E-state index contributed by atoms with van der Waals surface area (Å²) < 4.78 is 10.9. The van der Waals surface area contributed by atoms with Gasteiger partial charge in [0.1, 0.15) is 18.3 Å². The van der Waals surface area contributed by atoms with Crippen molar-refractivity contribution in [2.45, 2.75) is 128 Å². The Kier molecular flexibility index (Phi) is 16.1. The molecule has 1 aliphatic heterocycles. The Labute approximate surface area is 183 Å². The van der Waals surface area contributed by atoms with E-state index in [2.05, 4.69) is 6.92 Å². The number of rotatable bonds is 18. The number of thiocarbonyl (C=S) groups is 1. The Bertz CT molecular complexity index is 407. The molecule has 1 heterocycles. The first-order chi connectivity index (χ1) is 14.1. The van der Waals surface area contributed by atoms with E-state index < -0.39 is 24.4 Å². The fourth-order valence-electron chi connectivity index (χ4n) is 3.85. The summed E-state index contributed by atoms with van der Waals surface area (Å²) in [4.78, 5) is 0. The average molecular weight is 433 g/mol. The van der Waals surface area contributed by atoms with Gasteiger partial charge in [-0.2, -0.15) is 0 Å². The largest absolute Gasteiger partial charge is 0.479 e. The van der Waals surface area contributed by atoms with Crippen LogP contribution in [0.1, 0.15) is 103 Å². The van der Waals surface area contributed by atoms with Gasteiger partial charge in [0.15, 0.2) is 11.2 Å². The van der Waals surface area contributed by atoms with Crippen LogP contribution in [0.2, 0.25) is 0 Å². The molecule has 0 spiro atoms. The first-order valence-corrected chi connectivity index (χ1v) is 12.3. The first kappa shape index (κ1) is 26.8. The first-order valence-electron chi connectivity index (χ1n) is 11.9. The maximum absolute atomic E-state index is 9.87. The van der Waals surface area contributed by atoms with Gasteiger partial charge in [-0.3, -0.25) is 0 Å². The lowest BCUT2D eigenvalue weighted by molar-refractivity contribution is -0.0621. The molecule has 5 nitrogen and oxygen atoms in total. The molecule has 6 heteroatoms. The topological polar surface area (TPSA) is 79.2 Å². The van der Waals surface area contributed by atoms with E-state index in [0.29, 0.717) is 11.5 Å². The van der Waals surface area contributed by atoms with Crippen molar-refractivity contribution in [3.8, 4) is 0 Å². The molecule has 1 aliphatic rings. The highest BCUT2D eigenvalue weighted by Gasteiger charge is 2.41. The van der Waals surface area contributed by atoms with E-state index in [0.717, 1.165) is 12.8 Å². The van der Waals surface area contributed by atoms with Crippen molar-refractivity contribution in [2.75, 3.05) is 13.2 Å². The van der Waals surface area contributed by atoms with Crippen molar-refractivity contribution in [2.24, 2.45) is 0 Å². The summed E-state index contributed by atoms with van der Waals surface area (Å²) in [6.07, 6.45) is 15.6. The zero-order valence-electron chi connectivity index (χ0n) is 18.4. The molecular weight excluding hydrogens is 388 g/mol. The van der Waals surface area contributed by atoms with Gasteiger partial charge in [0.05, 0.1) is 13.2 Å². The molecule has 0 aromatic carbocycles. The van der Waals surface area contributed by atoms with Crippen molar-refractivity contribution in [1.29, 1.82) is 0 Å². The van der Waals surface area contributed by atoms with Crippen LogP contribution >= 0.6 is 12.2 Å². The van der Waals surface area contributed by atoms with Crippen molar-refractivity contribution < 1.29 is 24.8 Å². The van der Waals surface area contributed by atoms with Crippen molar-refractivity contribution in [1.82, 2.24) is 0 Å². The SMILES string of the molecule is CCCCCCCCCCCCCCCCC(=S)OC(CO)C1OCC(O)C1O. The molecule has 3 N–H and O–H groups in total. The Morgan fingerprint density at radius 3 is 1.79 bits per heavy atom. The molecule has 0 aliphatic carbocycles. The van der Waals surface area contributed by atoms with Gasteiger partial charge in [-0.1, -0.05) is 90.4 Å². The maximum atomic E-state index is 9.87. The lowest BCUT2D eigenvalue weighted by Gasteiger charge is -2.25. The van der Waals surface area contributed by atoms with Gasteiger partial charge in [0.2, 0.25) is 0 Å². The molecule has 0 aromatic rings. The van der Waals surface area contributed by atoms with Gasteiger partial charge < -0.3 is 24.8 Å². The lowest BCUT2D eigenvalue weighted by Crippen LogP contribution is -2.42. The van der Waals surface area contributed by atoms with Crippen LogP contribution in [-0.2, 0) is 9.47 Å². The monoisotopic (exact) mass is 432 g/mol. The van der Waals surface area contributed by atoms with Crippen LogP contribution < -0.4 is 0 Å². The predicted molar refractivity (Wildman–Crippen MR) is 121 cm³/mol. The zero-order valence-corrected chi connectivity index (χ0v) is 19.2. The van der Waals surface area contributed by atoms with E-state index in [1.54, 1.807) is 0 Å². The number of aliphatic hydroxyl groups excluding tert-OH is 3. The number of unbranched alkanes of at least 4 members (excludes halogenated alkanes) is 13. The third-order valence-electron chi connectivity index (χ3n) is 5.75. The summed E-state index contributed by atoms with van der Waals surface area (Å²) in [7, 11) is 0. The van der Waals surface area contributed by atoms with Gasteiger partial charge in [-0.15, -0.1) is 0 Å². The van der Waals surface area contributed by atoms with Gasteiger partial charge in [-0.05, 0) is 18.6 Å². The highest BCUT2D eigenvalue weighted by Crippen LogP contribution is 2.20. The molecule has 0 bridgehead atoms. The van der Waals surface area contributed by atoms with E-state index in [-0.39, 0.29) is 13.2 Å². The van der Waals surface area contributed by atoms with Gasteiger partial charge in [-0.25, -0.2) is 0 Å². The summed E-state index contributed by atoms with van der Waals surface area (Å²) in [5.74, 6) is 0. The van der Waals surface area contributed by atoms with Crippen LogP contribution in [0.3, 0.4) is 0 Å².